The van der Waals surface area contributed by atoms with Gasteiger partial charge in [0.2, 0.25) is 5.96 Å². The molecule has 1 saturated heterocycles. The number of piperidine rings is 1. The van der Waals surface area contributed by atoms with E-state index in [0.717, 1.165) is 53.6 Å². The number of hydrazone groups is 1. The molecule has 10 heteroatoms. The van der Waals surface area contributed by atoms with Gasteiger partial charge in [-0.3, -0.25) is 5.41 Å². The molecule has 200 valence electrons. The third-order valence-electron chi connectivity index (χ3n) is 6.48. The van der Waals surface area contributed by atoms with Gasteiger partial charge in [-0.25, -0.2) is 19.4 Å². The van der Waals surface area contributed by atoms with Gasteiger partial charge < -0.3 is 15.0 Å². The van der Waals surface area contributed by atoms with Crippen LogP contribution in [0.15, 0.2) is 72.1 Å². The maximum Gasteiger partial charge on any atom is 0.214 e. The zero-order valence-corrected chi connectivity index (χ0v) is 22.3. The number of hydrogen-bond acceptors (Lipinski definition) is 6. The summed E-state index contributed by atoms with van der Waals surface area (Å²) in [5.41, 5.74) is 3.08. The molecule has 0 spiro atoms. The number of ether oxygens (including phenoxy) is 1. The Morgan fingerprint density at radius 2 is 1.97 bits per heavy atom. The van der Waals surface area contributed by atoms with Crippen molar-refractivity contribution in [2.24, 2.45) is 5.10 Å². The van der Waals surface area contributed by atoms with E-state index in [4.69, 9.17) is 21.7 Å². The lowest BCUT2D eigenvalue weighted by molar-refractivity contribution is 0.298. The van der Waals surface area contributed by atoms with Crippen LogP contribution in [0.2, 0.25) is 5.02 Å². The van der Waals surface area contributed by atoms with Crippen LogP contribution in [-0.4, -0.2) is 52.2 Å². The van der Waals surface area contributed by atoms with E-state index in [1.807, 2.05) is 24.3 Å². The Morgan fingerprint density at radius 1 is 1.13 bits per heavy atom. The van der Waals surface area contributed by atoms with E-state index >= 15 is 0 Å². The molecule has 1 aliphatic heterocycles. The zero-order valence-electron chi connectivity index (χ0n) is 21.6. The molecule has 2 heterocycles. The van der Waals surface area contributed by atoms with Crippen molar-refractivity contribution in [1.29, 1.82) is 5.41 Å². The van der Waals surface area contributed by atoms with Crippen molar-refractivity contribution in [3.8, 4) is 5.75 Å². The number of fused-ring (bicyclic) bond motifs is 1. The number of hydrogen-bond donors (Lipinski definition) is 2. The standard InChI is InChI=1S/C29H29ClFN7O/c1-37(29(32)38-12-3-2-4-13-38)35-17-20-8-10-26-24(15-20)28(34-19-33-26)36-23-9-11-27(25(30)16-23)39-18-21-6-5-7-22(31)14-21/h5-11,14-17,19,32H,2-4,12-13,18H2,1H3,(H,33,34,36)/b32-29?,35-17+. The number of aromatic nitrogens is 2. The fourth-order valence-electron chi connectivity index (χ4n) is 4.39. The van der Waals surface area contributed by atoms with Gasteiger partial charge in [0.15, 0.2) is 0 Å². The van der Waals surface area contributed by atoms with Crippen molar-refractivity contribution in [2.75, 3.05) is 25.5 Å². The van der Waals surface area contributed by atoms with Crippen LogP contribution in [0.3, 0.4) is 0 Å². The van der Waals surface area contributed by atoms with Crippen LogP contribution in [0.5, 0.6) is 5.75 Å². The third kappa shape index (κ3) is 6.61. The molecule has 3 aromatic carbocycles. The SMILES string of the molecule is CN(/N=C/c1ccc2ncnc(Nc3ccc(OCc4cccc(F)c4)c(Cl)c3)c2c1)C(=N)N1CCCCC1. The molecular weight excluding hydrogens is 517 g/mol. The minimum Gasteiger partial charge on any atom is -0.487 e. The Labute approximate surface area is 231 Å². The summed E-state index contributed by atoms with van der Waals surface area (Å²) in [6.45, 7) is 1.99. The van der Waals surface area contributed by atoms with Crippen molar-refractivity contribution in [3.63, 3.8) is 0 Å². The molecule has 1 aliphatic rings. The van der Waals surface area contributed by atoms with Crippen LogP contribution in [0.1, 0.15) is 30.4 Å². The molecule has 8 nitrogen and oxygen atoms in total. The number of guanidine groups is 1. The molecule has 2 N–H and O–H groups in total. The zero-order chi connectivity index (χ0) is 27.2. The lowest BCUT2D eigenvalue weighted by Crippen LogP contribution is -2.42. The Kier molecular flexibility index (Phi) is 8.17. The van der Waals surface area contributed by atoms with E-state index in [1.54, 1.807) is 42.5 Å². The van der Waals surface area contributed by atoms with E-state index in [0.29, 0.717) is 22.5 Å². The summed E-state index contributed by atoms with van der Waals surface area (Å²) in [5.74, 6) is 1.21. The van der Waals surface area contributed by atoms with Crippen LogP contribution in [0.25, 0.3) is 10.9 Å². The van der Waals surface area contributed by atoms with Crippen molar-refractivity contribution < 1.29 is 9.13 Å². The molecule has 0 unspecified atom stereocenters. The summed E-state index contributed by atoms with van der Waals surface area (Å²) in [4.78, 5) is 10.9. The molecule has 0 atom stereocenters. The highest BCUT2D eigenvalue weighted by molar-refractivity contribution is 6.32. The van der Waals surface area contributed by atoms with Gasteiger partial charge in [-0.05, 0) is 72.9 Å². The number of likely N-dealkylation sites (tertiary alicyclic amines) is 1. The molecule has 0 amide bonds. The van der Waals surface area contributed by atoms with Crippen LogP contribution >= 0.6 is 11.6 Å². The monoisotopic (exact) mass is 545 g/mol. The van der Waals surface area contributed by atoms with Gasteiger partial charge in [0, 0.05) is 31.2 Å². The molecule has 0 radical (unpaired) electrons. The third-order valence-corrected chi connectivity index (χ3v) is 6.77. The van der Waals surface area contributed by atoms with Crippen LogP contribution < -0.4 is 10.1 Å². The van der Waals surface area contributed by atoms with Crippen molar-refractivity contribution in [3.05, 3.63) is 89.0 Å². The number of benzene rings is 3. The molecule has 0 bridgehead atoms. The molecule has 0 saturated carbocycles. The van der Waals surface area contributed by atoms with Gasteiger partial charge in [0.25, 0.3) is 0 Å². The molecule has 1 aromatic heterocycles. The summed E-state index contributed by atoms with van der Waals surface area (Å²) in [5, 5.41) is 19.1. The Hall–Kier alpha value is -4.24. The van der Waals surface area contributed by atoms with Crippen molar-refractivity contribution in [1.82, 2.24) is 19.9 Å². The second-order valence-electron chi connectivity index (χ2n) is 9.33. The van der Waals surface area contributed by atoms with E-state index in [9.17, 15) is 4.39 Å². The lowest BCUT2D eigenvalue weighted by atomic mass is 10.1. The van der Waals surface area contributed by atoms with Crippen LogP contribution in [0.4, 0.5) is 15.9 Å². The lowest BCUT2D eigenvalue weighted by Gasteiger charge is -2.31. The number of halogens is 2. The van der Waals surface area contributed by atoms with E-state index < -0.39 is 0 Å². The first-order valence-corrected chi connectivity index (χ1v) is 13.1. The molecule has 0 aliphatic carbocycles. The Bertz CT molecular complexity index is 1510. The van der Waals surface area contributed by atoms with Crippen LogP contribution in [0, 0.1) is 11.2 Å². The fraction of sp³-hybridized carbons (Fsp3) is 0.241. The topological polar surface area (TPSA) is 89.7 Å². The average molecular weight is 546 g/mol. The van der Waals surface area contributed by atoms with Crippen LogP contribution in [-0.2, 0) is 6.61 Å². The summed E-state index contributed by atoms with van der Waals surface area (Å²) >= 11 is 6.47. The number of rotatable bonds is 7. The van der Waals surface area contributed by atoms with Gasteiger partial charge >= 0.3 is 0 Å². The maximum absolute atomic E-state index is 13.4. The fourth-order valence-corrected chi connectivity index (χ4v) is 4.63. The first kappa shape index (κ1) is 26.4. The van der Waals surface area contributed by atoms with E-state index in [2.05, 4.69) is 25.3 Å². The predicted molar refractivity (Wildman–Crippen MR) is 154 cm³/mol. The van der Waals surface area contributed by atoms with Gasteiger partial charge in [0.1, 0.15) is 30.3 Å². The number of anilines is 2. The highest BCUT2D eigenvalue weighted by Gasteiger charge is 2.16. The largest absolute Gasteiger partial charge is 0.487 e. The van der Waals surface area contributed by atoms with E-state index in [1.165, 1.54) is 24.9 Å². The van der Waals surface area contributed by atoms with Gasteiger partial charge in [0.05, 0.1) is 16.8 Å². The van der Waals surface area contributed by atoms with Crippen molar-refractivity contribution >= 4 is 46.2 Å². The summed E-state index contributed by atoms with van der Waals surface area (Å²) in [7, 11) is 1.79. The molecule has 1 fully saturated rings. The predicted octanol–water partition coefficient (Wildman–Crippen LogP) is 6.43. The second kappa shape index (κ2) is 12.1. The molecule has 39 heavy (non-hydrogen) atoms. The first-order valence-electron chi connectivity index (χ1n) is 12.8. The molecule has 4 aromatic rings. The van der Waals surface area contributed by atoms with E-state index in [-0.39, 0.29) is 12.4 Å². The minimum atomic E-state index is -0.308. The molecule has 5 rings (SSSR count). The second-order valence-corrected chi connectivity index (χ2v) is 9.73. The Morgan fingerprint density at radius 3 is 2.77 bits per heavy atom. The number of nitrogens with one attached hydrogen (secondary N) is 2. The highest BCUT2D eigenvalue weighted by atomic mass is 35.5. The van der Waals surface area contributed by atoms with Gasteiger partial charge in [-0.2, -0.15) is 5.10 Å². The quantitative estimate of drug-likeness (QED) is 0.158. The first-order chi connectivity index (χ1) is 19.0. The van der Waals surface area contributed by atoms with Gasteiger partial charge in [-0.15, -0.1) is 0 Å². The summed E-state index contributed by atoms with van der Waals surface area (Å²) in [6.07, 6.45) is 6.67. The van der Waals surface area contributed by atoms with Gasteiger partial charge in [-0.1, -0.05) is 29.8 Å². The molecular formula is C29H29ClFN7O. The highest BCUT2D eigenvalue weighted by Crippen LogP contribution is 2.31. The normalized spacial score (nSPS) is 13.6. The number of nitrogens with zero attached hydrogens (tertiary/aromatic N) is 5. The summed E-state index contributed by atoms with van der Waals surface area (Å²) in [6, 6.07) is 17.4. The summed E-state index contributed by atoms with van der Waals surface area (Å²) < 4.78 is 19.2. The smallest absolute Gasteiger partial charge is 0.214 e. The minimum absolute atomic E-state index is 0.206. The average Bonchev–Trinajstić information content (AvgIpc) is 2.96. The van der Waals surface area contributed by atoms with Crippen molar-refractivity contribution in [2.45, 2.75) is 25.9 Å². The maximum atomic E-state index is 13.4. The Balaban J connectivity index is 1.29.